The Morgan fingerprint density at radius 3 is 1.81 bits per heavy atom. The topological polar surface area (TPSA) is 361 Å². The van der Waals surface area contributed by atoms with E-state index in [1.54, 1.807) is 30.3 Å². The number of carbonyl (C=O) groups excluding carboxylic acids is 10. The zero-order chi connectivity index (χ0) is 62.7. The maximum absolute atomic E-state index is 14.7. The van der Waals surface area contributed by atoms with Crippen LogP contribution in [0.2, 0.25) is 0 Å². The molecule has 2 bridgehead atoms. The summed E-state index contributed by atoms with van der Waals surface area (Å²) in [5.41, 5.74) is 13.8. The maximum Gasteiger partial charge on any atom is 0.249 e. The number of thiol groups is 2. The lowest BCUT2D eigenvalue weighted by atomic mass is 9.99. The molecule has 0 aliphatic carbocycles. The molecule has 26 heteroatoms. The van der Waals surface area contributed by atoms with Gasteiger partial charge in [0.25, 0.3) is 0 Å². The minimum atomic E-state index is -1.24. The highest BCUT2D eigenvalue weighted by molar-refractivity contribution is 7.80. The van der Waals surface area contributed by atoms with Gasteiger partial charge in [0.2, 0.25) is 59.1 Å². The SMILES string of the molecule is CC(C)C[C@@H]1NC(=O)[C@H](Cc2ccccc2)NC(=O)[C@H]2C[C@H](NC(=O)[C@H](CCCCNC(=O)CCS)NC(=O)[C@H](CC(C)C)NC(=O)[C@H](Cc3ccccc3)NC(=O)[C@H]3C[C@H](NC(=O)[C@@H](N)CCCCNC(=O)CCS)[C@@H](CN)O3)[C@@H](CNC1=O)O2. The lowest BCUT2D eigenvalue weighted by Crippen LogP contribution is -2.59. The highest BCUT2D eigenvalue weighted by Crippen LogP contribution is 2.24. The molecule has 24 nitrogen and oxygen atoms in total. The first kappa shape index (κ1) is 70.4. The highest BCUT2D eigenvalue weighted by Gasteiger charge is 2.44. The number of hydrogen-bond acceptors (Lipinski definition) is 16. The van der Waals surface area contributed by atoms with Gasteiger partial charge in [0.05, 0.1) is 30.3 Å². The summed E-state index contributed by atoms with van der Waals surface area (Å²) in [4.78, 5) is 137. The molecule has 0 saturated carbocycles. The molecule has 86 heavy (non-hydrogen) atoms. The minimum Gasteiger partial charge on any atom is -0.362 e. The predicted octanol–water partition coefficient (Wildman–Crippen LogP) is -0.0988. The van der Waals surface area contributed by atoms with Crippen LogP contribution in [0.3, 0.4) is 0 Å². The largest absolute Gasteiger partial charge is 0.362 e. The monoisotopic (exact) mass is 1240 g/mol. The number of benzene rings is 2. The van der Waals surface area contributed by atoms with Crippen LogP contribution in [0.1, 0.15) is 116 Å². The molecule has 3 fully saturated rings. The molecule has 10 amide bonds. The second-order valence-corrected chi connectivity index (χ2v) is 24.1. The summed E-state index contributed by atoms with van der Waals surface area (Å²) < 4.78 is 12.3. The highest BCUT2D eigenvalue weighted by atomic mass is 32.1. The third-order valence-electron chi connectivity index (χ3n) is 15.1. The first-order valence-corrected chi connectivity index (χ1v) is 31.4. The van der Waals surface area contributed by atoms with Gasteiger partial charge in [-0.2, -0.15) is 25.3 Å². The van der Waals surface area contributed by atoms with Gasteiger partial charge < -0.3 is 74.1 Å². The fourth-order valence-corrected chi connectivity index (χ4v) is 10.9. The van der Waals surface area contributed by atoms with Gasteiger partial charge in [-0.3, -0.25) is 47.9 Å². The fourth-order valence-electron chi connectivity index (χ4n) is 10.5. The van der Waals surface area contributed by atoms with E-state index in [4.69, 9.17) is 20.9 Å². The number of nitrogens with two attached hydrogens (primary N) is 2. The molecule has 3 heterocycles. The number of ether oxygens (including phenoxy) is 2. The summed E-state index contributed by atoms with van der Waals surface area (Å²) in [6.45, 7) is 8.10. The Morgan fingerprint density at radius 1 is 0.628 bits per heavy atom. The molecule has 2 aromatic rings. The van der Waals surface area contributed by atoms with Crippen LogP contribution in [-0.4, -0.2) is 170 Å². The van der Waals surface area contributed by atoms with Crippen LogP contribution in [0.15, 0.2) is 60.7 Å². The first-order chi connectivity index (χ1) is 41.2. The van der Waals surface area contributed by atoms with Crippen molar-refractivity contribution in [2.45, 2.75) is 190 Å². The second-order valence-electron chi connectivity index (χ2n) is 23.2. The number of carbonyl (C=O) groups is 10. The van der Waals surface area contributed by atoms with Crippen LogP contribution >= 0.6 is 25.3 Å². The first-order valence-electron chi connectivity index (χ1n) is 30.2. The Labute approximate surface area is 515 Å². The molecule has 0 spiro atoms. The van der Waals surface area contributed by atoms with Crippen molar-refractivity contribution < 1.29 is 57.4 Å². The van der Waals surface area contributed by atoms with E-state index in [9.17, 15) is 47.9 Å². The van der Waals surface area contributed by atoms with E-state index in [0.29, 0.717) is 68.6 Å². The van der Waals surface area contributed by atoms with Gasteiger partial charge >= 0.3 is 0 Å². The number of fused-ring (bicyclic) bond motifs is 2. The molecule has 2 aromatic carbocycles. The zero-order valence-electron chi connectivity index (χ0n) is 49.9. The van der Waals surface area contributed by atoms with Crippen molar-refractivity contribution in [2.24, 2.45) is 23.3 Å². The Hall–Kier alpha value is -6.32. The van der Waals surface area contributed by atoms with E-state index >= 15 is 0 Å². The van der Waals surface area contributed by atoms with Gasteiger partial charge in [-0.1, -0.05) is 88.4 Å². The summed E-state index contributed by atoms with van der Waals surface area (Å²) in [5.74, 6) is -4.41. The lowest BCUT2D eigenvalue weighted by molar-refractivity contribution is -0.138. The van der Waals surface area contributed by atoms with Gasteiger partial charge in [-0.05, 0) is 85.8 Å². The molecular weight excluding hydrogens is 1140 g/mol. The smallest absolute Gasteiger partial charge is 0.249 e. The molecule has 14 N–H and O–H groups in total. The summed E-state index contributed by atoms with van der Waals surface area (Å²) in [7, 11) is 0. The third kappa shape index (κ3) is 23.7. The summed E-state index contributed by atoms with van der Waals surface area (Å²) in [5, 5.41) is 28.6. The third-order valence-corrected chi connectivity index (χ3v) is 15.6. The van der Waals surface area contributed by atoms with E-state index in [-0.39, 0.29) is 88.2 Å². The predicted molar refractivity (Wildman–Crippen MR) is 330 cm³/mol. The van der Waals surface area contributed by atoms with Crippen molar-refractivity contribution in [1.82, 2.24) is 53.2 Å². The molecule has 3 saturated heterocycles. The van der Waals surface area contributed by atoms with Crippen LogP contribution in [0, 0.1) is 11.8 Å². The number of unbranched alkanes of at least 4 members (excludes halogenated alkanes) is 2. The molecule has 0 aromatic heterocycles. The zero-order valence-corrected chi connectivity index (χ0v) is 51.7. The molecule has 3 aliphatic rings. The van der Waals surface area contributed by atoms with E-state index in [0.717, 1.165) is 5.56 Å². The Balaban J connectivity index is 1.32. The summed E-state index contributed by atoms with van der Waals surface area (Å²) in [6.07, 6.45) is -0.501. The summed E-state index contributed by atoms with van der Waals surface area (Å²) in [6, 6.07) is 9.92. The van der Waals surface area contributed by atoms with Crippen LogP contribution in [0.25, 0.3) is 0 Å². The molecule has 12 atom stereocenters. The van der Waals surface area contributed by atoms with E-state index in [2.05, 4.69) is 78.4 Å². The van der Waals surface area contributed by atoms with Crippen LogP contribution < -0.4 is 64.6 Å². The molecule has 5 rings (SSSR count). The maximum atomic E-state index is 14.7. The second kappa shape index (κ2) is 36.7. The van der Waals surface area contributed by atoms with Crippen molar-refractivity contribution in [3.8, 4) is 0 Å². The van der Waals surface area contributed by atoms with Gasteiger partial charge in [-0.15, -0.1) is 0 Å². The quantitative estimate of drug-likeness (QED) is 0.0328. The minimum absolute atomic E-state index is 0.00553. The van der Waals surface area contributed by atoms with Gasteiger partial charge in [0.1, 0.15) is 42.4 Å². The van der Waals surface area contributed by atoms with Crippen LogP contribution in [0.4, 0.5) is 0 Å². The lowest BCUT2D eigenvalue weighted by Gasteiger charge is -2.28. The average Bonchev–Trinajstić information content (AvgIpc) is 3.03. The van der Waals surface area contributed by atoms with Crippen molar-refractivity contribution >= 4 is 84.3 Å². The normalized spacial score (nSPS) is 22.7. The standard InChI is InChI=1S/C60H92N12O12S2/c1-35(2)27-43-54(76)65-34-50-42(32-48(84-50)60(82)72-45(57(79)69-43)29-37-15-7-5-8-16-37)68-55(77)40(20-12-14-24-64-52(74)22-26-86)66-56(78)44(28-36(3)4)70-58(80)46(30-38-17-9-6-10-18-38)71-59(81)47-31-41(49(33-61)83-47)67-53(75)39(62)19-11-13-23-63-51(73)21-25-85/h5-10,15-18,35-36,39-50,85-86H,11-14,19-34,61-62H2,1-4H3,(H,63,73)(H,64,74)(H,65,76)(H,66,78)(H,67,75)(H,68,77)(H,69,79)(H,70,80)(H,71,81)(H,72,82)/t39-,40-,41-,42-,43-,44-,45-,46-,47+,48+,49+,50+/m0/s1. The van der Waals surface area contributed by atoms with Crippen molar-refractivity contribution in [1.29, 1.82) is 0 Å². The van der Waals surface area contributed by atoms with Crippen LogP contribution in [0.5, 0.6) is 0 Å². The Bertz CT molecular complexity index is 2550. The molecule has 3 aliphatic heterocycles. The van der Waals surface area contributed by atoms with E-state index in [1.807, 2.05) is 58.0 Å². The summed E-state index contributed by atoms with van der Waals surface area (Å²) >= 11 is 8.20. The van der Waals surface area contributed by atoms with Gasteiger partial charge in [0, 0.05) is 64.7 Å². The number of amides is 10. The molecule has 476 valence electrons. The molecular formula is C60H92N12O12S2. The Morgan fingerprint density at radius 2 is 1.21 bits per heavy atom. The molecule has 0 radical (unpaired) electrons. The van der Waals surface area contributed by atoms with Crippen molar-refractivity contribution in [3.63, 3.8) is 0 Å². The number of nitrogens with one attached hydrogen (secondary N) is 10. The molecule has 0 unspecified atom stereocenters. The number of rotatable bonds is 33. The van der Waals surface area contributed by atoms with Gasteiger partial charge in [0.15, 0.2) is 0 Å². The van der Waals surface area contributed by atoms with Crippen molar-refractivity contribution in [3.05, 3.63) is 71.8 Å². The van der Waals surface area contributed by atoms with Gasteiger partial charge in [-0.25, -0.2) is 0 Å². The van der Waals surface area contributed by atoms with E-state index in [1.165, 1.54) is 0 Å². The van der Waals surface area contributed by atoms with E-state index < -0.39 is 120 Å². The van der Waals surface area contributed by atoms with Crippen LogP contribution in [-0.2, 0) is 70.3 Å². The fraction of sp³-hybridized carbons (Fsp3) is 0.633. The Kier molecular flexibility index (Phi) is 30.1. The average molecular weight is 1240 g/mol. The van der Waals surface area contributed by atoms with Crippen molar-refractivity contribution in [2.75, 3.05) is 37.7 Å². The number of hydrogen-bond donors (Lipinski definition) is 14.